The molecule has 0 spiro atoms. The summed E-state index contributed by atoms with van der Waals surface area (Å²) in [5, 5.41) is 3.40. The Kier molecular flexibility index (Phi) is 4.08. The molecule has 3 rings (SSSR count). The van der Waals surface area contributed by atoms with Crippen molar-refractivity contribution in [3.8, 4) is 0 Å². The number of rotatable bonds is 5. The van der Waals surface area contributed by atoms with Crippen LogP contribution >= 0.6 is 11.8 Å². The number of nitrogens with one attached hydrogen (secondary N) is 1. The zero-order valence-electron chi connectivity index (χ0n) is 11.5. The maximum Gasteiger partial charge on any atom is 0.137 e. The third kappa shape index (κ3) is 3.62. The van der Waals surface area contributed by atoms with E-state index in [9.17, 15) is 4.39 Å². The first-order valence-electron chi connectivity index (χ1n) is 6.97. The lowest BCUT2D eigenvalue weighted by molar-refractivity contribution is 0.595. The molecule has 0 bridgehead atoms. The minimum Gasteiger partial charge on any atom is -0.310 e. The van der Waals surface area contributed by atoms with Gasteiger partial charge in [0.05, 0.1) is 0 Å². The Labute approximate surface area is 123 Å². The molecule has 0 saturated heterocycles. The molecule has 2 aromatic rings. The van der Waals surface area contributed by atoms with E-state index in [0.29, 0.717) is 10.9 Å². The first-order chi connectivity index (χ1) is 9.70. The Morgan fingerprint density at radius 3 is 2.55 bits per heavy atom. The van der Waals surface area contributed by atoms with E-state index >= 15 is 0 Å². The van der Waals surface area contributed by atoms with Gasteiger partial charge in [0.1, 0.15) is 5.82 Å². The molecule has 1 fully saturated rings. The van der Waals surface area contributed by atoms with E-state index in [2.05, 4.69) is 12.2 Å². The molecule has 0 heterocycles. The van der Waals surface area contributed by atoms with Crippen molar-refractivity contribution in [2.24, 2.45) is 0 Å². The van der Waals surface area contributed by atoms with Gasteiger partial charge in [-0.15, -0.1) is 0 Å². The molecule has 0 radical (unpaired) electrons. The van der Waals surface area contributed by atoms with Gasteiger partial charge in [0.2, 0.25) is 0 Å². The van der Waals surface area contributed by atoms with Crippen LogP contribution in [-0.4, -0.2) is 6.04 Å². The van der Waals surface area contributed by atoms with E-state index in [4.69, 9.17) is 0 Å². The summed E-state index contributed by atoms with van der Waals surface area (Å²) in [5.74, 6) is -0.134. The zero-order valence-corrected chi connectivity index (χ0v) is 12.3. The fourth-order valence-corrected chi connectivity index (χ4v) is 2.84. The van der Waals surface area contributed by atoms with Crippen molar-refractivity contribution >= 4 is 11.8 Å². The summed E-state index contributed by atoms with van der Waals surface area (Å²) in [7, 11) is 0. The first kappa shape index (κ1) is 13.7. The Morgan fingerprint density at radius 1 is 1.15 bits per heavy atom. The molecular formula is C17H18FNS. The molecule has 1 aliphatic carbocycles. The molecule has 0 aromatic heterocycles. The van der Waals surface area contributed by atoms with E-state index in [1.165, 1.54) is 30.2 Å². The highest BCUT2D eigenvalue weighted by atomic mass is 32.2. The fraction of sp³-hybridized carbons (Fsp3) is 0.294. The lowest BCUT2D eigenvalue weighted by Gasteiger charge is -2.07. The number of hydrogen-bond donors (Lipinski definition) is 1. The largest absolute Gasteiger partial charge is 0.310 e. The van der Waals surface area contributed by atoms with E-state index < -0.39 is 0 Å². The average Bonchev–Trinajstić information content (AvgIpc) is 3.26. The second kappa shape index (κ2) is 5.98. The second-order valence-electron chi connectivity index (χ2n) is 5.34. The molecule has 3 heteroatoms. The Hall–Kier alpha value is -1.32. The van der Waals surface area contributed by atoms with Crippen molar-refractivity contribution in [2.75, 3.05) is 0 Å². The molecule has 0 amide bonds. The lowest BCUT2D eigenvalue weighted by atomic mass is 10.2. The summed E-state index contributed by atoms with van der Waals surface area (Å²) in [6.45, 7) is 2.81. The van der Waals surface area contributed by atoms with Crippen LogP contribution in [-0.2, 0) is 6.54 Å². The summed E-state index contributed by atoms with van der Waals surface area (Å²) < 4.78 is 14.1. The minimum atomic E-state index is -0.134. The van der Waals surface area contributed by atoms with E-state index in [1.54, 1.807) is 6.07 Å². The van der Waals surface area contributed by atoms with E-state index in [1.807, 2.05) is 36.4 Å². The third-order valence-electron chi connectivity index (χ3n) is 3.42. The average molecular weight is 287 g/mol. The van der Waals surface area contributed by atoms with Gasteiger partial charge in [-0.1, -0.05) is 35.5 Å². The summed E-state index contributed by atoms with van der Waals surface area (Å²) in [4.78, 5) is 1.75. The Bertz CT molecular complexity index is 590. The van der Waals surface area contributed by atoms with Gasteiger partial charge in [0.15, 0.2) is 0 Å². The molecule has 1 saturated carbocycles. The van der Waals surface area contributed by atoms with Gasteiger partial charge in [-0.3, -0.25) is 0 Å². The zero-order chi connectivity index (χ0) is 13.9. The van der Waals surface area contributed by atoms with Crippen LogP contribution in [0.4, 0.5) is 4.39 Å². The second-order valence-corrected chi connectivity index (χ2v) is 6.45. The SMILES string of the molecule is Cc1ccc(Sc2ccc(CNC3CC3)cc2F)cc1. The van der Waals surface area contributed by atoms with Gasteiger partial charge in [0.25, 0.3) is 0 Å². The molecule has 0 aliphatic heterocycles. The molecule has 1 aliphatic rings. The quantitative estimate of drug-likeness (QED) is 0.866. The van der Waals surface area contributed by atoms with Crippen molar-refractivity contribution in [1.29, 1.82) is 0 Å². The molecule has 1 nitrogen and oxygen atoms in total. The first-order valence-corrected chi connectivity index (χ1v) is 7.79. The Morgan fingerprint density at radius 2 is 1.90 bits per heavy atom. The monoisotopic (exact) mass is 287 g/mol. The highest BCUT2D eigenvalue weighted by Gasteiger charge is 2.20. The van der Waals surface area contributed by atoms with Crippen LogP contribution in [0.15, 0.2) is 52.3 Å². The minimum absolute atomic E-state index is 0.134. The van der Waals surface area contributed by atoms with Crippen molar-refractivity contribution in [3.05, 3.63) is 59.4 Å². The van der Waals surface area contributed by atoms with Gasteiger partial charge in [-0.05, 0) is 49.6 Å². The van der Waals surface area contributed by atoms with Crippen molar-refractivity contribution in [3.63, 3.8) is 0 Å². The highest BCUT2D eigenvalue weighted by molar-refractivity contribution is 7.99. The molecule has 2 aromatic carbocycles. The van der Waals surface area contributed by atoms with Crippen LogP contribution < -0.4 is 5.32 Å². The van der Waals surface area contributed by atoms with Crippen LogP contribution in [0.3, 0.4) is 0 Å². The number of halogens is 1. The van der Waals surface area contributed by atoms with Crippen LogP contribution in [0.2, 0.25) is 0 Å². The smallest absolute Gasteiger partial charge is 0.137 e. The normalized spacial score (nSPS) is 14.5. The van der Waals surface area contributed by atoms with Gasteiger partial charge in [-0.25, -0.2) is 4.39 Å². The van der Waals surface area contributed by atoms with Gasteiger partial charge >= 0.3 is 0 Å². The number of hydrogen-bond acceptors (Lipinski definition) is 2. The summed E-state index contributed by atoms with van der Waals surface area (Å²) in [5.41, 5.74) is 2.24. The van der Waals surface area contributed by atoms with E-state index in [-0.39, 0.29) is 5.82 Å². The summed E-state index contributed by atoms with van der Waals surface area (Å²) >= 11 is 1.47. The number of aryl methyl sites for hydroxylation is 1. The molecule has 0 atom stereocenters. The molecule has 0 unspecified atom stereocenters. The van der Waals surface area contributed by atoms with Crippen molar-refractivity contribution in [2.45, 2.75) is 42.1 Å². The predicted molar refractivity (Wildman–Crippen MR) is 81.6 cm³/mol. The Balaban J connectivity index is 1.68. The highest BCUT2D eigenvalue weighted by Crippen LogP contribution is 2.30. The topological polar surface area (TPSA) is 12.0 Å². The standard InChI is InChI=1S/C17H18FNS/c1-12-2-7-15(8-3-12)20-17-9-4-13(10-16(17)18)11-19-14-5-6-14/h2-4,7-10,14,19H,5-6,11H2,1H3. The summed E-state index contributed by atoms with van der Waals surface area (Å²) in [6, 6.07) is 14.3. The van der Waals surface area contributed by atoms with Gasteiger partial charge in [-0.2, -0.15) is 0 Å². The summed E-state index contributed by atoms with van der Waals surface area (Å²) in [6.07, 6.45) is 2.51. The van der Waals surface area contributed by atoms with Crippen LogP contribution in [0.5, 0.6) is 0 Å². The molecule has 104 valence electrons. The molecular weight excluding hydrogens is 269 g/mol. The fourth-order valence-electron chi connectivity index (χ4n) is 2.02. The third-order valence-corrected chi connectivity index (χ3v) is 4.48. The maximum absolute atomic E-state index is 14.1. The van der Waals surface area contributed by atoms with Crippen molar-refractivity contribution in [1.82, 2.24) is 5.32 Å². The van der Waals surface area contributed by atoms with Crippen LogP contribution in [0, 0.1) is 12.7 Å². The van der Waals surface area contributed by atoms with Crippen LogP contribution in [0.25, 0.3) is 0 Å². The van der Waals surface area contributed by atoms with Crippen molar-refractivity contribution < 1.29 is 4.39 Å². The molecule has 1 N–H and O–H groups in total. The van der Waals surface area contributed by atoms with Gasteiger partial charge < -0.3 is 5.32 Å². The lowest BCUT2D eigenvalue weighted by Crippen LogP contribution is -2.15. The predicted octanol–water partition coefficient (Wildman–Crippen LogP) is 4.54. The molecule has 20 heavy (non-hydrogen) atoms. The number of benzene rings is 2. The van der Waals surface area contributed by atoms with Crippen LogP contribution in [0.1, 0.15) is 24.0 Å². The maximum atomic E-state index is 14.1. The van der Waals surface area contributed by atoms with E-state index in [0.717, 1.165) is 17.0 Å². The van der Waals surface area contributed by atoms with Gasteiger partial charge in [0, 0.05) is 22.4 Å².